The number of benzene rings is 1. The van der Waals surface area contributed by atoms with Crippen molar-refractivity contribution in [3.63, 3.8) is 0 Å². The Balaban J connectivity index is 2.04. The fraction of sp³-hybridized carbons (Fsp3) is 0.588. The van der Waals surface area contributed by atoms with Gasteiger partial charge in [0.15, 0.2) is 5.78 Å². The highest BCUT2D eigenvalue weighted by atomic mass is 19.1. The second kappa shape index (κ2) is 6.31. The van der Waals surface area contributed by atoms with Crippen LogP contribution in [0.3, 0.4) is 0 Å². The van der Waals surface area contributed by atoms with E-state index in [0.29, 0.717) is 5.92 Å². The lowest BCUT2D eigenvalue weighted by atomic mass is 9.77. The van der Waals surface area contributed by atoms with E-state index in [-0.39, 0.29) is 17.2 Å². The van der Waals surface area contributed by atoms with E-state index in [9.17, 15) is 9.18 Å². The van der Waals surface area contributed by atoms with E-state index in [4.69, 9.17) is 0 Å². The summed E-state index contributed by atoms with van der Waals surface area (Å²) < 4.78 is 13.8. The van der Waals surface area contributed by atoms with Crippen molar-refractivity contribution in [1.29, 1.82) is 0 Å². The molecule has 0 saturated heterocycles. The summed E-state index contributed by atoms with van der Waals surface area (Å²) in [6.07, 6.45) is 7.41. The maximum absolute atomic E-state index is 13.8. The fourth-order valence-corrected chi connectivity index (χ4v) is 3.26. The largest absolute Gasteiger partial charge is 0.294 e. The lowest BCUT2D eigenvalue weighted by Crippen LogP contribution is -2.13. The molecule has 0 N–H and O–H groups in total. The van der Waals surface area contributed by atoms with Gasteiger partial charge < -0.3 is 0 Å². The van der Waals surface area contributed by atoms with Crippen molar-refractivity contribution in [3.05, 3.63) is 35.1 Å². The molecule has 2 rings (SSSR count). The summed E-state index contributed by atoms with van der Waals surface area (Å²) >= 11 is 0. The van der Waals surface area contributed by atoms with Gasteiger partial charge in [-0.3, -0.25) is 4.79 Å². The van der Waals surface area contributed by atoms with Crippen LogP contribution in [0.4, 0.5) is 4.39 Å². The maximum atomic E-state index is 13.8. The predicted molar refractivity (Wildman–Crippen MR) is 76.0 cm³/mol. The molecule has 0 aliphatic heterocycles. The zero-order valence-electron chi connectivity index (χ0n) is 11.9. The third-order valence-corrected chi connectivity index (χ3v) is 4.39. The minimum Gasteiger partial charge on any atom is -0.294 e. The lowest BCUT2D eigenvalue weighted by molar-refractivity contribution is 0.101. The average molecular weight is 262 g/mol. The average Bonchev–Trinajstić information content (AvgIpc) is 2.39. The molecule has 0 aromatic heterocycles. The Kier molecular flexibility index (Phi) is 4.73. The Labute approximate surface area is 115 Å². The monoisotopic (exact) mass is 262 g/mol. The van der Waals surface area contributed by atoms with E-state index in [1.54, 1.807) is 12.1 Å². The summed E-state index contributed by atoms with van der Waals surface area (Å²) in [5, 5.41) is 0. The summed E-state index contributed by atoms with van der Waals surface area (Å²) in [7, 11) is 0. The van der Waals surface area contributed by atoms with Crippen molar-refractivity contribution in [2.75, 3.05) is 0 Å². The first-order chi connectivity index (χ1) is 9.11. The Bertz CT molecular complexity index is 445. The summed E-state index contributed by atoms with van der Waals surface area (Å²) in [4.78, 5) is 11.2. The van der Waals surface area contributed by atoms with Gasteiger partial charge >= 0.3 is 0 Å². The summed E-state index contributed by atoms with van der Waals surface area (Å²) in [5.74, 6) is 0.780. The van der Waals surface area contributed by atoms with E-state index in [0.717, 1.165) is 24.3 Å². The Morgan fingerprint density at radius 3 is 2.47 bits per heavy atom. The van der Waals surface area contributed by atoms with Crippen molar-refractivity contribution >= 4 is 5.78 Å². The maximum Gasteiger partial charge on any atom is 0.162 e. The van der Waals surface area contributed by atoms with Crippen molar-refractivity contribution in [3.8, 4) is 0 Å². The van der Waals surface area contributed by atoms with Gasteiger partial charge in [-0.15, -0.1) is 0 Å². The van der Waals surface area contributed by atoms with Crippen LogP contribution in [-0.2, 0) is 0 Å². The van der Waals surface area contributed by atoms with Gasteiger partial charge in [-0.1, -0.05) is 25.8 Å². The highest BCUT2D eigenvalue weighted by Crippen LogP contribution is 2.37. The van der Waals surface area contributed by atoms with Gasteiger partial charge in [0.25, 0.3) is 0 Å². The van der Waals surface area contributed by atoms with Crippen LogP contribution < -0.4 is 0 Å². The number of ketones is 1. The highest BCUT2D eigenvalue weighted by Gasteiger charge is 2.22. The van der Waals surface area contributed by atoms with Gasteiger partial charge in [-0.25, -0.2) is 4.39 Å². The molecule has 0 radical (unpaired) electrons. The normalized spacial score (nSPS) is 23.3. The van der Waals surface area contributed by atoms with Crippen LogP contribution in [-0.4, -0.2) is 5.78 Å². The smallest absolute Gasteiger partial charge is 0.162 e. The molecular weight excluding hydrogens is 239 g/mol. The van der Waals surface area contributed by atoms with E-state index in [1.165, 1.54) is 32.6 Å². The molecule has 1 aliphatic carbocycles. The van der Waals surface area contributed by atoms with Gasteiger partial charge in [0, 0.05) is 0 Å². The zero-order valence-corrected chi connectivity index (χ0v) is 11.9. The van der Waals surface area contributed by atoms with Crippen molar-refractivity contribution < 1.29 is 9.18 Å². The van der Waals surface area contributed by atoms with Gasteiger partial charge in [-0.05, 0) is 62.1 Å². The minimum absolute atomic E-state index is 0.198. The molecule has 2 heteroatoms. The molecule has 0 atom stereocenters. The van der Waals surface area contributed by atoms with Gasteiger partial charge in [0.05, 0.1) is 5.56 Å². The topological polar surface area (TPSA) is 17.1 Å². The van der Waals surface area contributed by atoms with E-state index in [1.807, 2.05) is 6.07 Å². The molecule has 1 aliphatic rings. The number of carbonyl (C=O) groups is 1. The van der Waals surface area contributed by atoms with Crippen molar-refractivity contribution in [2.24, 2.45) is 5.92 Å². The van der Waals surface area contributed by atoms with Crippen LogP contribution in [0.15, 0.2) is 18.2 Å². The number of rotatable bonds is 4. The zero-order chi connectivity index (χ0) is 13.8. The van der Waals surface area contributed by atoms with E-state index in [2.05, 4.69) is 6.92 Å². The van der Waals surface area contributed by atoms with Gasteiger partial charge in [-0.2, -0.15) is 0 Å². The van der Waals surface area contributed by atoms with Crippen LogP contribution in [0, 0.1) is 11.7 Å². The Hall–Kier alpha value is -1.18. The van der Waals surface area contributed by atoms with Crippen LogP contribution >= 0.6 is 0 Å². The Morgan fingerprint density at radius 1 is 1.26 bits per heavy atom. The van der Waals surface area contributed by atoms with Crippen molar-refractivity contribution in [1.82, 2.24) is 0 Å². The number of carbonyl (C=O) groups excluding carboxylic acids is 1. The SMILES string of the molecule is CCCC1CCC(c2ccc(C(C)=O)c(F)c2)CC1. The molecule has 1 aromatic rings. The van der Waals surface area contributed by atoms with Crippen LogP contribution in [0.2, 0.25) is 0 Å². The molecule has 104 valence electrons. The Morgan fingerprint density at radius 2 is 1.95 bits per heavy atom. The molecule has 1 fully saturated rings. The second-order valence-corrected chi connectivity index (χ2v) is 5.80. The highest BCUT2D eigenvalue weighted by molar-refractivity contribution is 5.94. The number of hydrogen-bond acceptors (Lipinski definition) is 1. The quantitative estimate of drug-likeness (QED) is 0.690. The third-order valence-electron chi connectivity index (χ3n) is 4.39. The first-order valence-electron chi connectivity index (χ1n) is 7.42. The standard InChI is InChI=1S/C17H23FO/c1-3-4-13-5-7-14(8-6-13)15-9-10-16(12(2)19)17(18)11-15/h9-11,13-14H,3-8H2,1-2H3. The van der Waals surface area contributed by atoms with Crippen LogP contribution in [0.5, 0.6) is 0 Å². The number of Topliss-reactive ketones (excluding diaryl/α,β-unsaturated/α-hetero) is 1. The molecule has 1 nitrogen and oxygen atoms in total. The molecule has 0 heterocycles. The predicted octanol–water partition coefficient (Wildman–Crippen LogP) is 5.10. The van der Waals surface area contributed by atoms with E-state index >= 15 is 0 Å². The molecule has 1 aromatic carbocycles. The molecule has 19 heavy (non-hydrogen) atoms. The molecule has 1 saturated carbocycles. The molecule has 0 unspecified atom stereocenters. The summed E-state index contributed by atoms with van der Waals surface area (Å²) in [6.45, 7) is 3.65. The number of halogens is 1. The molecular formula is C17H23FO. The second-order valence-electron chi connectivity index (χ2n) is 5.80. The first-order valence-corrected chi connectivity index (χ1v) is 7.42. The van der Waals surface area contributed by atoms with Crippen LogP contribution in [0.25, 0.3) is 0 Å². The van der Waals surface area contributed by atoms with E-state index < -0.39 is 0 Å². The summed E-state index contributed by atoms with van der Waals surface area (Å²) in [6, 6.07) is 5.15. The summed E-state index contributed by atoms with van der Waals surface area (Å²) in [5.41, 5.74) is 1.28. The number of hydrogen-bond donors (Lipinski definition) is 0. The van der Waals surface area contributed by atoms with Crippen LogP contribution in [0.1, 0.15) is 74.2 Å². The third kappa shape index (κ3) is 3.43. The first kappa shape index (κ1) is 14.2. The van der Waals surface area contributed by atoms with Gasteiger partial charge in [0.2, 0.25) is 0 Å². The van der Waals surface area contributed by atoms with Crippen molar-refractivity contribution in [2.45, 2.75) is 58.3 Å². The molecule has 0 amide bonds. The fourth-order valence-electron chi connectivity index (χ4n) is 3.26. The minimum atomic E-state index is -0.360. The lowest BCUT2D eigenvalue weighted by Gasteiger charge is -2.28. The van der Waals surface area contributed by atoms with Gasteiger partial charge in [0.1, 0.15) is 5.82 Å². The molecule has 0 bridgehead atoms. The molecule has 0 spiro atoms.